The molecule has 1 aliphatic rings. The second-order valence-corrected chi connectivity index (χ2v) is 7.45. The Labute approximate surface area is 157 Å². The summed E-state index contributed by atoms with van der Waals surface area (Å²) in [5.74, 6) is 7.27. The topological polar surface area (TPSA) is 12.9 Å². The van der Waals surface area contributed by atoms with Crippen molar-refractivity contribution in [2.75, 3.05) is 0 Å². The number of unbranched alkanes of at least 4 members (excludes halogenated alkanes) is 2. The van der Waals surface area contributed by atoms with Gasteiger partial charge >= 0.3 is 0 Å². The number of hydrogen-bond acceptors (Lipinski definition) is 1. The summed E-state index contributed by atoms with van der Waals surface area (Å²) in [6.07, 6.45) is 12.4. The van der Waals surface area contributed by atoms with Gasteiger partial charge in [-0.05, 0) is 61.3 Å². The first-order chi connectivity index (χ1) is 12.7. The standard InChI is InChI=1S/C24H28FN/c1-2-3-4-5-19-8-12-22(13-9-19)23-14-10-20(11-15-23)6-7-21-16-17-26-24(25)18-21/h10-11,14-19,22H,2-5,8-9,12-13H2,1H3. The van der Waals surface area contributed by atoms with Crippen LogP contribution in [0, 0.1) is 23.7 Å². The lowest BCUT2D eigenvalue weighted by molar-refractivity contribution is 0.303. The van der Waals surface area contributed by atoms with Gasteiger partial charge in [-0.1, -0.05) is 56.6 Å². The van der Waals surface area contributed by atoms with Crippen LogP contribution in [0.25, 0.3) is 0 Å². The molecule has 0 aliphatic heterocycles. The van der Waals surface area contributed by atoms with Crippen molar-refractivity contribution in [1.82, 2.24) is 4.98 Å². The number of rotatable bonds is 5. The number of aromatic nitrogens is 1. The van der Waals surface area contributed by atoms with E-state index in [1.807, 2.05) is 0 Å². The Morgan fingerprint density at radius 3 is 2.38 bits per heavy atom. The summed E-state index contributed by atoms with van der Waals surface area (Å²) in [6, 6.07) is 11.7. The smallest absolute Gasteiger partial charge is 0.214 e. The van der Waals surface area contributed by atoms with E-state index in [0.29, 0.717) is 11.5 Å². The zero-order valence-electron chi connectivity index (χ0n) is 15.7. The molecule has 0 spiro atoms. The van der Waals surface area contributed by atoms with Crippen LogP contribution in [0.4, 0.5) is 4.39 Å². The molecule has 0 bridgehead atoms. The Kier molecular flexibility index (Phi) is 6.83. The molecule has 2 heteroatoms. The van der Waals surface area contributed by atoms with Crippen molar-refractivity contribution in [2.24, 2.45) is 5.92 Å². The molecular formula is C24H28FN. The monoisotopic (exact) mass is 349 g/mol. The molecule has 1 heterocycles. The van der Waals surface area contributed by atoms with E-state index in [9.17, 15) is 4.39 Å². The highest BCUT2D eigenvalue weighted by molar-refractivity contribution is 5.43. The van der Waals surface area contributed by atoms with E-state index >= 15 is 0 Å². The molecule has 1 aromatic heterocycles. The lowest BCUT2D eigenvalue weighted by Crippen LogP contribution is -2.13. The molecule has 1 saturated carbocycles. The first kappa shape index (κ1) is 18.6. The largest absolute Gasteiger partial charge is 0.228 e. The first-order valence-corrected chi connectivity index (χ1v) is 9.98. The van der Waals surface area contributed by atoms with Gasteiger partial charge in [-0.2, -0.15) is 4.39 Å². The third kappa shape index (κ3) is 5.43. The highest BCUT2D eigenvalue weighted by Crippen LogP contribution is 2.37. The van der Waals surface area contributed by atoms with Crippen molar-refractivity contribution in [3.8, 4) is 11.8 Å². The minimum absolute atomic E-state index is 0.488. The molecule has 1 aromatic carbocycles. The van der Waals surface area contributed by atoms with Crippen molar-refractivity contribution in [1.29, 1.82) is 0 Å². The molecule has 0 radical (unpaired) electrons. The average Bonchev–Trinajstić information content (AvgIpc) is 2.68. The van der Waals surface area contributed by atoms with E-state index in [1.165, 1.54) is 69.2 Å². The van der Waals surface area contributed by atoms with Crippen LogP contribution in [-0.2, 0) is 0 Å². The Balaban J connectivity index is 1.54. The Hall–Kier alpha value is -2.14. The molecule has 3 rings (SSSR count). The van der Waals surface area contributed by atoms with Crippen molar-refractivity contribution in [2.45, 2.75) is 64.2 Å². The summed E-state index contributed by atoms with van der Waals surface area (Å²) in [5, 5.41) is 0. The molecule has 1 aliphatic carbocycles. The van der Waals surface area contributed by atoms with E-state index in [0.717, 1.165) is 11.5 Å². The third-order valence-corrected chi connectivity index (χ3v) is 5.52. The molecule has 0 atom stereocenters. The van der Waals surface area contributed by atoms with Crippen LogP contribution in [0.3, 0.4) is 0 Å². The van der Waals surface area contributed by atoms with Gasteiger partial charge in [0, 0.05) is 23.4 Å². The van der Waals surface area contributed by atoms with Gasteiger partial charge in [0.25, 0.3) is 0 Å². The third-order valence-electron chi connectivity index (χ3n) is 5.52. The zero-order chi connectivity index (χ0) is 18.2. The van der Waals surface area contributed by atoms with E-state index in [4.69, 9.17) is 0 Å². The lowest BCUT2D eigenvalue weighted by Gasteiger charge is -2.29. The molecular weight excluding hydrogens is 321 g/mol. The molecule has 0 unspecified atom stereocenters. The van der Waals surface area contributed by atoms with E-state index in [2.05, 4.69) is 48.0 Å². The van der Waals surface area contributed by atoms with Crippen LogP contribution in [0.15, 0.2) is 42.6 Å². The quantitative estimate of drug-likeness (QED) is 0.342. The number of pyridine rings is 1. The Bertz CT molecular complexity index is 746. The zero-order valence-corrected chi connectivity index (χ0v) is 15.7. The SMILES string of the molecule is CCCCCC1CCC(c2ccc(C#Cc3ccnc(F)c3)cc2)CC1. The van der Waals surface area contributed by atoms with Crippen LogP contribution < -0.4 is 0 Å². The van der Waals surface area contributed by atoms with Crippen LogP contribution in [0.1, 0.15) is 80.9 Å². The van der Waals surface area contributed by atoms with Crippen LogP contribution in [0.5, 0.6) is 0 Å². The van der Waals surface area contributed by atoms with Crippen LogP contribution >= 0.6 is 0 Å². The van der Waals surface area contributed by atoms with Gasteiger partial charge < -0.3 is 0 Å². The van der Waals surface area contributed by atoms with Gasteiger partial charge in [-0.3, -0.25) is 0 Å². The van der Waals surface area contributed by atoms with Crippen LogP contribution in [0.2, 0.25) is 0 Å². The molecule has 0 amide bonds. The summed E-state index contributed by atoms with van der Waals surface area (Å²) in [7, 11) is 0. The van der Waals surface area contributed by atoms with Gasteiger partial charge in [-0.15, -0.1) is 0 Å². The fourth-order valence-corrected chi connectivity index (χ4v) is 3.93. The summed E-state index contributed by atoms with van der Waals surface area (Å²) in [5.41, 5.74) is 3.07. The van der Waals surface area contributed by atoms with Crippen molar-refractivity contribution >= 4 is 0 Å². The van der Waals surface area contributed by atoms with E-state index < -0.39 is 5.95 Å². The molecule has 0 saturated heterocycles. The number of halogens is 1. The molecule has 1 fully saturated rings. The van der Waals surface area contributed by atoms with Gasteiger partial charge in [0.15, 0.2) is 0 Å². The maximum Gasteiger partial charge on any atom is 0.214 e. The van der Waals surface area contributed by atoms with Crippen molar-refractivity contribution < 1.29 is 4.39 Å². The minimum Gasteiger partial charge on any atom is -0.228 e. The van der Waals surface area contributed by atoms with Gasteiger partial charge in [0.2, 0.25) is 5.95 Å². The normalized spacial score (nSPS) is 19.6. The summed E-state index contributed by atoms with van der Waals surface area (Å²) >= 11 is 0. The maximum absolute atomic E-state index is 13.1. The lowest BCUT2D eigenvalue weighted by atomic mass is 9.77. The number of hydrogen-bond donors (Lipinski definition) is 0. The Morgan fingerprint density at radius 2 is 1.69 bits per heavy atom. The Morgan fingerprint density at radius 1 is 0.962 bits per heavy atom. The van der Waals surface area contributed by atoms with Gasteiger partial charge in [0.1, 0.15) is 0 Å². The van der Waals surface area contributed by atoms with Gasteiger partial charge in [0.05, 0.1) is 0 Å². The predicted molar refractivity (Wildman–Crippen MR) is 105 cm³/mol. The minimum atomic E-state index is -0.488. The summed E-state index contributed by atoms with van der Waals surface area (Å²) in [6.45, 7) is 2.28. The number of nitrogens with zero attached hydrogens (tertiary/aromatic N) is 1. The van der Waals surface area contributed by atoms with Crippen molar-refractivity contribution in [3.05, 3.63) is 65.2 Å². The summed E-state index contributed by atoms with van der Waals surface area (Å²) < 4.78 is 13.1. The number of benzene rings is 1. The molecule has 1 nitrogen and oxygen atoms in total. The highest BCUT2D eigenvalue weighted by Gasteiger charge is 2.21. The molecule has 0 N–H and O–H groups in total. The molecule has 2 aromatic rings. The fraction of sp³-hybridized carbons (Fsp3) is 0.458. The van der Waals surface area contributed by atoms with Crippen LogP contribution in [-0.4, -0.2) is 4.98 Å². The highest BCUT2D eigenvalue weighted by atomic mass is 19.1. The predicted octanol–water partition coefficient (Wildman–Crippen LogP) is 6.47. The first-order valence-electron chi connectivity index (χ1n) is 9.98. The van der Waals surface area contributed by atoms with E-state index in [1.54, 1.807) is 6.07 Å². The average molecular weight is 349 g/mol. The molecule has 26 heavy (non-hydrogen) atoms. The van der Waals surface area contributed by atoms with Crippen molar-refractivity contribution in [3.63, 3.8) is 0 Å². The fourth-order valence-electron chi connectivity index (χ4n) is 3.93. The second kappa shape index (κ2) is 9.53. The summed E-state index contributed by atoms with van der Waals surface area (Å²) in [4.78, 5) is 3.55. The maximum atomic E-state index is 13.1. The molecule has 136 valence electrons. The second-order valence-electron chi connectivity index (χ2n) is 7.45. The van der Waals surface area contributed by atoms with Gasteiger partial charge in [-0.25, -0.2) is 4.98 Å². The van der Waals surface area contributed by atoms with E-state index in [-0.39, 0.29) is 0 Å².